The number of carbonyl (C=O) groups is 2. The lowest BCUT2D eigenvalue weighted by molar-refractivity contribution is -0.119. The molecule has 0 aliphatic carbocycles. The summed E-state index contributed by atoms with van der Waals surface area (Å²) in [6.07, 6.45) is 5.69. The summed E-state index contributed by atoms with van der Waals surface area (Å²) in [5, 5.41) is 10.6. The molecule has 0 spiro atoms. The maximum absolute atomic E-state index is 12.9. The number of nitrogens with one attached hydrogen (secondary N) is 2. The number of carbonyl (C=O) groups excluding carboxylic acids is 2. The molecule has 28 heavy (non-hydrogen) atoms. The zero-order valence-electron chi connectivity index (χ0n) is 16.1. The van der Waals surface area contributed by atoms with Gasteiger partial charge in [0.05, 0.1) is 12.1 Å². The van der Waals surface area contributed by atoms with E-state index >= 15 is 0 Å². The van der Waals surface area contributed by atoms with E-state index < -0.39 is 0 Å². The van der Waals surface area contributed by atoms with Crippen molar-refractivity contribution < 1.29 is 9.59 Å². The number of aryl methyl sites for hydroxylation is 2. The van der Waals surface area contributed by atoms with E-state index in [-0.39, 0.29) is 36.1 Å². The zero-order valence-corrected chi connectivity index (χ0v) is 17.0. The average Bonchev–Trinajstić information content (AvgIpc) is 3.29. The van der Waals surface area contributed by atoms with Crippen LogP contribution in [0.15, 0.2) is 30.6 Å². The quantitative estimate of drug-likeness (QED) is 0.822. The van der Waals surface area contributed by atoms with E-state index in [1.54, 1.807) is 11.6 Å². The van der Waals surface area contributed by atoms with Crippen molar-refractivity contribution in [2.75, 3.05) is 29.9 Å². The van der Waals surface area contributed by atoms with Crippen LogP contribution in [0.3, 0.4) is 0 Å². The molecule has 3 heterocycles. The highest BCUT2D eigenvalue weighted by Crippen LogP contribution is 2.32. The van der Waals surface area contributed by atoms with Crippen LogP contribution in [0.4, 0.5) is 11.4 Å². The van der Waals surface area contributed by atoms with Gasteiger partial charge >= 0.3 is 0 Å². The molecule has 1 saturated heterocycles. The summed E-state index contributed by atoms with van der Waals surface area (Å²) in [5.41, 5.74) is 3.95. The predicted molar refractivity (Wildman–Crippen MR) is 111 cm³/mol. The summed E-state index contributed by atoms with van der Waals surface area (Å²) < 4.78 is 1.77. The molecule has 0 unspecified atom stereocenters. The minimum atomic E-state index is -0.126. The third kappa shape index (κ3) is 3.91. The van der Waals surface area contributed by atoms with Gasteiger partial charge in [-0.1, -0.05) is 0 Å². The number of amides is 2. The number of hydrogen-bond donors (Lipinski definition) is 2. The lowest BCUT2D eigenvalue weighted by Gasteiger charge is -2.29. The van der Waals surface area contributed by atoms with Crippen LogP contribution in [0.2, 0.25) is 0 Å². The number of nitrogens with zero attached hydrogens (tertiary/aromatic N) is 3. The Morgan fingerprint density at radius 3 is 2.82 bits per heavy atom. The molecular weight excluding hydrogens is 378 g/mol. The van der Waals surface area contributed by atoms with E-state index in [9.17, 15) is 9.59 Å². The van der Waals surface area contributed by atoms with Gasteiger partial charge in [-0.25, -0.2) is 0 Å². The molecular formula is C20H26ClN5O2. The van der Waals surface area contributed by atoms with E-state index in [0.29, 0.717) is 6.54 Å². The molecule has 8 heteroatoms. The molecule has 0 bridgehead atoms. The summed E-state index contributed by atoms with van der Waals surface area (Å²) in [4.78, 5) is 26.5. The average molecular weight is 404 g/mol. The van der Waals surface area contributed by atoms with Crippen LogP contribution >= 0.6 is 12.4 Å². The highest BCUT2D eigenvalue weighted by molar-refractivity contribution is 5.96. The van der Waals surface area contributed by atoms with Gasteiger partial charge in [-0.15, -0.1) is 12.4 Å². The first-order valence-electron chi connectivity index (χ1n) is 9.44. The third-order valence-electron chi connectivity index (χ3n) is 5.55. The van der Waals surface area contributed by atoms with Gasteiger partial charge in [0.1, 0.15) is 0 Å². The van der Waals surface area contributed by atoms with E-state index in [1.807, 2.05) is 42.5 Å². The van der Waals surface area contributed by atoms with Crippen molar-refractivity contribution in [1.29, 1.82) is 0 Å². The minimum Gasteiger partial charge on any atom is -0.326 e. The number of aromatic nitrogens is 2. The van der Waals surface area contributed by atoms with Crippen LogP contribution in [-0.2, 0) is 23.1 Å². The number of fused-ring (bicyclic) bond motifs is 1. The Hall–Kier alpha value is -2.38. The lowest BCUT2D eigenvalue weighted by Crippen LogP contribution is -2.33. The second-order valence-electron chi connectivity index (χ2n) is 7.43. The topological polar surface area (TPSA) is 79.3 Å². The van der Waals surface area contributed by atoms with Crippen molar-refractivity contribution in [3.05, 3.63) is 41.7 Å². The van der Waals surface area contributed by atoms with Crippen molar-refractivity contribution in [3.8, 4) is 0 Å². The fourth-order valence-corrected chi connectivity index (χ4v) is 4.17. The predicted octanol–water partition coefficient (Wildman–Crippen LogP) is 2.08. The van der Waals surface area contributed by atoms with Gasteiger partial charge in [-0.3, -0.25) is 14.3 Å². The Morgan fingerprint density at radius 1 is 1.29 bits per heavy atom. The van der Waals surface area contributed by atoms with Crippen LogP contribution in [-0.4, -0.2) is 41.2 Å². The van der Waals surface area contributed by atoms with Gasteiger partial charge in [-0.2, -0.15) is 5.10 Å². The Kier molecular flexibility index (Phi) is 6.05. The number of hydrogen-bond acceptors (Lipinski definition) is 4. The summed E-state index contributed by atoms with van der Waals surface area (Å²) in [6, 6.07) is 5.83. The minimum absolute atomic E-state index is 0. The molecule has 2 aromatic rings. The van der Waals surface area contributed by atoms with Crippen molar-refractivity contribution >= 4 is 35.6 Å². The molecule has 1 aromatic heterocycles. The van der Waals surface area contributed by atoms with Crippen molar-refractivity contribution in [2.45, 2.75) is 25.7 Å². The highest BCUT2D eigenvalue weighted by Gasteiger charge is 2.34. The van der Waals surface area contributed by atoms with Crippen molar-refractivity contribution in [2.24, 2.45) is 13.0 Å². The standard InChI is InChI=1S/C20H25N5O2.ClH/c1-13(26)25-7-3-4-14-8-16(5-6-19(14)25)23-20(27)18-11-21-10-17(18)15-9-22-24(2)12-15;/h5-6,8-9,12,17-18,21H,3-4,7,10-11H2,1-2H3,(H,23,27);1H/t17-,18+;/m1./s1. The molecule has 0 saturated carbocycles. The van der Waals surface area contributed by atoms with Crippen LogP contribution in [0.5, 0.6) is 0 Å². The number of rotatable bonds is 3. The number of benzene rings is 1. The van der Waals surface area contributed by atoms with Gasteiger partial charge in [0.15, 0.2) is 0 Å². The van der Waals surface area contributed by atoms with Crippen molar-refractivity contribution in [1.82, 2.24) is 15.1 Å². The maximum atomic E-state index is 12.9. The normalized spacial score (nSPS) is 21.0. The highest BCUT2D eigenvalue weighted by atomic mass is 35.5. The van der Waals surface area contributed by atoms with Crippen LogP contribution in [0, 0.1) is 5.92 Å². The van der Waals surface area contributed by atoms with Crippen molar-refractivity contribution in [3.63, 3.8) is 0 Å². The smallest absolute Gasteiger partial charge is 0.229 e. The monoisotopic (exact) mass is 403 g/mol. The first kappa shape index (κ1) is 20.4. The van der Waals surface area contributed by atoms with Crippen LogP contribution < -0.4 is 15.5 Å². The molecule has 2 amide bonds. The van der Waals surface area contributed by atoms with Crippen LogP contribution in [0.1, 0.15) is 30.4 Å². The van der Waals surface area contributed by atoms with E-state index in [0.717, 1.165) is 48.4 Å². The van der Waals surface area contributed by atoms with Gasteiger partial charge in [0, 0.05) is 57.1 Å². The molecule has 7 nitrogen and oxygen atoms in total. The van der Waals surface area contributed by atoms with E-state index in [2.05, 4.69) is 15.7 Å². The first-order valence-corrected chi connectivity index (χ1v) is 9.44. The third-order valence-corrected chi connectivity index (χ3v) is 5.55. The largest absolute Gasteiger partial charge is 0.326 e. The Bertz CT molecular complexity index is 881. The second kappa shape index (κ2) is 8.32. The molecule has 2 aliphatic rings. The molecule has 150 valence electrons. The summed E-state index contributed by atoms with van der Waals surface area (Å²) in [7, 11) is 1.89. The number of anilines is 2. The van der Waals surface area contributed by atoms with E-state index in [1.165, 1.54) is 0 Å². The SMILES string of the molecule is CC(=O)N1CCCc2cc(NC(=O)[C@H]3CNC[C@@H]3c3cnn(C)c3)ccc21.Cl. The fourth-order valence-electron chi connectivity index (χ4n) is 4.17. The van der Waals surface area contributed by atoms with Crippen LogP contribution in [0.25, 0.3) is 0 Å². The van der Waals surface area contributed by atoms with E-state index in [4.69, 9.17) is 0 Å². The summed E-state index contributed by atoms with van der Waals surface area (Å²) >= 11 is 0. The maximum Gasteiger partial charge on any atom is 0.229 e. The molecule has 2 aliphatic heterocycles. The van der Waals surface area contributed by atoms with Gasteiger partial charge in [0.25, 0.3) is 0 Å². The molecule has 1 aromatic carbocycles. The Morgan fingerprint density at radius 2 is 2.11 bits per heavy atom. The molecule has 2 atom stereocenters. The molecule has 1 fully saturated rings. The van der Waals surface area contributed by atoms with Gasteiger partial charge in [-0.05, 0) is 42.2 Å². The fraction of sp³-hybridized carbons (Fsp3) is 0.450. The Balaban J connectivity index is 0.00000225. The first-order chi connectivity index (χ1) is 13.0. The molecule has 4 rings (SSSR count). The Labute approximate surface area is 170 Å². The van der Waals surface area contributed by atoms with Gasteiger partial charge < -0.3 is 15.5 Å². The lowest BCUT2D eigenvalue weighted by atomic mass is 9.90. The van der Waals surface area contributed by atoms with Gasteiger partial charge in [0.2, 0.25) is 11.8 Å². The zero-order chi connectivity index (χ0) is 19.0. The number of halogens is 1. The summed E-state index contributed by atoms with van der Waals surface area (Å²) in [6.45, 7) is 3.79. The molecule has 0 radical (unpaired) electrons. The second-order valence-corrected chi connectivity index (χ2v) is 7.43. The molecule has 2 N–H and O–H groups in total. The summed E-state index contributed by atoms with van der Waals surface area (Å²) in [5.74, 6) is 0.0839.